The fourth-order valence-corrected chi connectivity index (χ4v) is 3.90. The van der Waals surface area contributed by atoms with E-state index in [-0.39, 0.29) is 11.7 Å². The zero-order valence-corrected chi connectivity index (χ0v) is 16.5. The smallest absolute Gasteiger partial charge is 0.254 e. The molecule has 2 aliphatic rings. The molecule has 7 heteroatoms. The third-order valence-electron chi connectivity index (χ3n) is 5.42. The number of benzene rings is 1. The zero-order chi connectivity index (χ0) is 19.9. The molecule has 3 heterocycles. The van der Waals surface area contributed by atoms with Gasteiger partial charge in [-0.25, -0.2) is 4.98 Å². The Bertz CT molecular complexity index is 922. The van der Waals surface area contributed by atoms with Crippen molar-refractivity contribution in [2.75, 3.05) is 19.8 Å². The largest absolute Gasteiger partial charge is 0.504 e. The third kappa shape index (κ3) is 3.30. The van der Waals surface area contributed by atoms with Crippen molar-refractivity contribution in [2.45, 2.75) is 45.8 Å². The molecule has 1 fully saturated rings. The summed E-state index contributed by atoms with van der Waals surface area (Å²) in [6.07, 6.45) is 3.33. The first kappa shape index (κ1) is 18.7. The number of carbonyl (C=O) groups is 1. The number of amides is 1. The van der Waals surface area contributed by atoms with Crippen LogP contribution in [0.25, 0.3) is 11.3 Å². The SMILES string of the molecule is Cc1cnc(C)c(-c2cc(O)c3c(c2)CN(C(=O)[C@@]2(C)CCCO2)CCO3)n1. The van der Waals surface area contributed by atoms with Gasteiger partial charge in [0.15, 0.2) is 11.5 Å². The molecule has 0 radical (unpaired) electrons. The number of aromatic nitrogens is 2. The number of carbonyl (C=O) groups excluding carboxylic acids is 1. The van der Waals surface area contributed by atoms with E-state index in [0.717, 1.165) is 35.4 Å². The Morgan fingerprint density at radius 2 is 2.11 bits per heavy atom. The summed E-state index contributed by atoms with van der Waals surface area (Å²) >= 11 is 0. The van der Waals surface area contributed by atoms with Gasteiger partial charge < -0.3 is 19.5 Å². The van der Waals surface area contributed by atoms with Gasteiger partial charge in [0.1, 0.15) is 12.2 Å². The molecule has 1 atom stereocenters. The normalized spacial score (nSPS) is 21.8. The second kappa shape index (κ2) is 7.05. The van der Waals surface area contributed by atoms with Gasteiger partial charge in [0.25, 0.3) is 5.91 Å². The lowest BCUT2D eigenvalue weighted by molar-refractivity contribution is -0.151. The number of hydrogen-bond acceptors (Lipinski definition) is 6. The number of aryl methyl sites for hydroxylation is 2. The van der Waals surface area contributed by atoms with E-state index < -0.39 is 5.60 Å². The Morgan fingerprint density at radius 1 is 1.29 bits per heavy atom. The van der Waals surface area contributed by atoms with Gasteiger partial charge in [-0.3, -0.25) is 9.78 Å². The van der Waals surface area contributed by atoms with E-state index in [1.807, 2.05) is 26.8 Å². The summed E-state index contributed by atoms with van der Waals surface area (Å²) in [6.45, 7) is 7.36. The number of rotatable bonds is 2. The standard InChI is InChI=1S/C21H25N3O4/c1-13-11-22-14(2)18(23-13)15-9-16-12-24(6-8-27-19(16)17(25)10-15)20(26)21(3)5-4-7-28-21/h9-11,25H,4-8,12H2,1-3H3/t21-/m1/s1. The molecule has 28 heavy (non-hydrogen) atoms. The Balaban J connectivity index is 1.70. The van der Waals surface area contributed by atoms with E-state index >= 15 is 0 Å². The Morgan fingerprint density at radius 3 is 2.86 bits per heavy atom. The van der Waals surface area contributed by atoms with Gasteiger partial charge in [0.2, 0.25) is 0 Å². The van der Waals surface area contributed by atoms with Crippen molar-refractivity contribution in [3.63, 3.8) is 0 Å². The maximum absolute atomic E-state index is 13.1. The first-order valence-corrected chi connectivity index (χ1v) is 9.60. The predicted molar refractivity (Wildman–Crippen MR) is 103 cm³/mol. The molecule has 2 aromatic rings. The van der Waals surface area contributed by atoms with Crippen molar-refractivity contribution in [1.82, 2.24) is 14.9 Å². The van der Waals surface area contributed by atoms with E-state index in [9.17, 15) is 9.90 Å². The topological polar surface area (TPSA) is 84.8 Å². The van der Waals surface area contributed by atoms with Crippen molar-refractivity contribution >= 4 is 5.91 Å². The van der Waals surface area contributed by atoms with Crippen LogP contribution in [-0.4, -0.2) is 51.2 Å². The lowest BCUT2D eigenvalue weighted by Gasteiger charge is -2.30. The van der Waals surface area contributed by atoms with Crippen LogP contribution in [0.2, 0.25) is 0 Å². The molecule has 0 saturated carbocycles. The van der Waals surface area contributed by atoms with Crippen molar-refractivity contribution in [1.29, 1.82) is 0 Å². The van der Waals surface area contributed by atoms with Crippen LogP contribution in [0, 0.1) is 13.8 Å². The monoisotopic (exact) mass is 383 g/mol. The van der Waals surface area contributed by atoms with E-state index in [4.69, 9.17) is 9.47 Å². The Kier molecular flexibility index (Phi) is 4.71. The van der Waals surface area contributed by atoms with Crippen LogP contribution in [-0.2, 0) is 16.1 Å². The molecule has 1 N–H and O–H groups in total. The first-order valence-electron chi connectivity index (χ1n) is 9.60. The number of aromatic hydroxyl groups is 1. The van der Waals surface area contributed by atoms with Crippen molar-refractivity contribution in [2.24, 2.45) is 0 Å². The molecular weight excluding hydrogens is 358 g/mol. The van der Waals surface area contributed by atoms with Crippen LogP contribution < -0.4 is 4.74 Å². The summed E-state index contributed by atoms with van der Waals surface area (Å²) in [6, 6.07) is 3.57. The van der Waals surface area contributed by atoms with Crippen LogP contribution in [0.15, 0.2) is 18.3 Å². The van der Waals surface area contributed by atoms with Gasteiger partial charge in [-0.15, -0.1) is 0 Å². The number of phenolic OH excluding ortho intramolecular Hbond substituents is 1. The van der Waals surface area contributed by atoms with Gasteiger partial charge in [-0.05, 0) is 45.7 Å². The summed E-state index contributed by atoms with van der Waals surface area (Å²) in [4.78, 5) is 23.8. The number of nitrogens with zero attached hydrogens (tertiary/aromatic N) is 3. The van der Waals surface area contributed by atoms with E-state index in [1.54, 1.807) is 17.2 Å². The van der Waals surface area contributed by atoms with Crippen LogP contribution in [0.3, 0.4) is 0 Å². The van der Waals surface area contributed by atoms with Crippen LogP contribution in [0.4, 0.5) is 0 Å². The maximum atomic E-state index is 13.1. The highest BCUT2D eigenvalue weighted by molar-refractivity contribution is 5.85. The minimum Gasteiger partial charge on any atom is -0.504 e. The lowest BCUT2D eigenvalue weighted by Crippen LogP contribution is -2.47. The summed E-state index contributed by atoms with van der Waals surface area (Å²) < 4.78 is 11.5. The number of phenols is 1. The van der Waals surface area contributed by atoms with Crippen LogP contribution in [0.1, 0.15) is 36.7 Å². The van der Waals surface area contributed by atoms with Gasteiger partial charge in [-0.2, -0.15) is 0 Å². The maximum Gasteiger partial charge on any atom is 0.254 e. The molecule has 2 aliphatic heterocycles. The molecule has 4 rings (SSSR count). The number of hydrogen-bond donors (Lipinski definition) is 1. The second-order valence-corrected chi connectivity index (χ2v) is 7.69. The summed E-state index contributed by atoms with van der Waals surface area (Å²) in [5, 5.41) is 10.6. The fourth-order valence-electron chi connectivity index (χ4n) is 3.90. The molecule has 1 amide bonds. The molecule has 1 aromatic heterocycles. The first-order chi connectivity index (χ1) is 13.4. The molecular formula is C21H25N3O4. The second-order valence-electron chi connectivity index (χ2n) is 7.69. The van der Waals surface area contributed by atoms with E-state index in [2.05, 4.69) is 9.97 Å². The number of fused-ring (bicyclic) bond motifs is 1. The lowest BCUT2D eigenvalue weighted by atomic mass is 10.00. The van der Waals surface area contributed by atoms with E-state index in [0.29, 0.717) is 37.7 Å². The van der Waals surface area contributed by atoms with Crippen molar-refractivity contribution in [3.8, 4) is 22.8 Å². The molecule has 1 saturated heterocycles. The van der Waals surface area contributed by atoms with Crippen molar-refractivity contribution in [3.05, 3.63) is 35.3 Å². The molecule has 0 unspecified atom stereocenters. The highest BCUT2D eigenvalue weighted by Gasteiger charge is 2.41. The van der Waals surface area contributed by atoms with Gasteiger partial charge in [0, 0.05) is 30.5 Å². The van der Waals surface area contributed by atoms with Gasteiger partial charge in [0.05, 0.1) is 23.6 Å². The Labute approximate surface area is 164 Å². The van der Waals surface area contributed by atoms with Gasteiger partial charge >= 0.3 is 0 Å². The Hall–Kier alpha value is -2.67. The minimum atomic E-state index is -0.775. The molecule has 7 nitrogen and oxygen atoms in total. The summed E-state index contributed by atoms with van der Waals surface area (Å²) in [5.41, 5.74) is 3.03. The average Bonchev–Trinajstić information content (AvgIpc) is 2.99. The van der Waals surface area contributed by atoms with Crippen molar-refractivity contribution < 1.29 is 19.4 Å². The third-order valence-corrected chi connectivity index (χ3v) is 5.42. The fraction of sp³-hybridized carbons (Fsp3) is 0.476. The van der Waals surface area contributed by atoms with Crippen LogP contribution in [0.5, 0.6) is 11.5 Å². The average molecular weight is 383 g/mol. The zero-order valence-electron chi connectivity index (χ0n) is 16.5. The molecule has 1 aromatic carbocycles. The molecule has 0 spiro atoms. The van der Waals surface area contributed by atoms with Crippen LogP contribution >= 0.6 is 0 Å². The summed E-state index contributed by atoms with van der Waals surface area (Å²) in [7, 11) is 0. The van der Waals surface area contributed by atoms with E-state index in [1.165, 1.54) is 0 Å². The molecule has 0 bridgehead atoms. The predicted octanol–water partition coefficient (Wildman–Crippen LogP) is 2.76. The highest BCUT2D eigenvalue weighted by atomic mass is 16.5. The summed E-state index contributed by atoms with van der Waals surface area (Å²) in [5.74, 6) is 0.445. The minimum absolute atomic E-state index is 0.0297. The number of ether oxygens (including phenoxy) is 2. The quantitative estimate of drug-likeness (QED) is 0.858. The molecule has 148 valence electrons. The molecule has 0 aliphatic carbocycles. The highest BCUT2D eigenvalue weighted by Crippen LogP contribution is 2.38. The van der Waals surface area contributed by atoms with Gasteiger partial charge in [-0.1, -0.05) is 0 Å².